The van der Waals surface area contributed by atoms with E-state index in [1.807, 2.05) is 13.8 Å². The molecule has 0 spiro atoms. The second-order valence-electron chi connectivity index (χ2n) is 6.89. The normalized spacial score (nSPS) is 15.4. The molecule has 3 rings (SSSR count). The summed E-state index contributed by atoms with van der Waals surface area (Å²) in [6.07, 6.45) is 5.55. The predicted molar refractivity (Wildman–Crippen MR) is 102 cm³/mol. The van der Waals surface area contributed by atoms with E-state index in [1.54, 1.807) is 0 Å². The van der Waals surface area contributed by atoms with Gasteiger partial charge in [-0.1, -0.05) is 33.1 Å². The van der Waals surface area contributed by atoms with E-state index in [2.05, 4.69) is 16.4 Å². The fourth-order valence-electron chi connectivity index (χ4n) is 3.56. The Morgan fingerprint density at radius 3 is 2.60 bits per heavy atom. The maximum absolute atomic E-state index is 12.7. The maximum atomic E-state index is 12.7. The highest BCUT2D eigenvalue weighted by Crippen LogP contribution is 2.40. The minimum Gasteiger partial charge on any atom is -0.397 e. The number of anilines is 2. The molecule has 7 heteroatoms. The highest BCUT2D eigenvalue weighted by Gasteiger charge is 2.26. The summed E-state index contributed by atoms with van der Waals surface area (Å²) in [7, 11) is 0. The van der Waals surface area contributed by atoms with E-state index in [9.17, 15) is 10.1 Å². The Bertz CT molecular complexity index is 859. The molecule has 2 heterocycles. The molecule has 0 aromatic carbocycles. The quantitative estimate of drug-likeness (QED) is 0.777. The van der Waals surface area contributed by atoms with Crippen molar-refractivity contribution in [3.63, 3.8) is 0 Å². The first-order chi connectivity index (χ1) is 11.9. The summed E-state index contributed by atoms with van der Waals surface area (Å²) in [6.45, 7) is 3.96. The Hall–Kier alpha value is -2.33. The highest BCUT2D eigenvalue weighted by molar-refractivity contribution is 7.21. The second kappa shape index (κ2) is 6.89. The number of nitrogens with zero attached hydrogens (tertiary/aromatic N) is 2. The lowest BCUT2D eigenvalue weighted by molar-refractivity contribution is 0.0932. The van der Waals surface area contributed by atoms with Gasteiger partial charge in [-0.05, 0) is 24.3 Å². The van der Waals surface area contributed by atoms with Crippen molar-refractivity contribution in [2.75, 3.05) is 11.5 Å². The van der Waals surface area contributed by atoms with Crippen LogP contribution in [0, 0.1) is 11.3 Å². The molecular formula is C18H23N5OS. The molecule has 0 saturated heterocycles. The number of fused-ring (bicyclic) bond motifs is 1. The van der Waals surface area contributed by atoms with Crippen LogP contribution in [0.2, 0.25) is 0 Å². The Kier molecular flexibility index (Phi) is 4.82. The number of carbonyl (C=O) groups excluding carboxylic acids is 1. The molecule has 1 fully saturated rings. The molecule has 0 atom stereocenters. The Morgan fingerprint density at radius 1 is 1.32 bits per heavy atom. The number of rotatable bonds is 3. The van der Waals surface area contributed by atoms with Crippen LogP contribution in [-0.2, 0) is 0 Å². The van der Waals surface area contributed by atoms with Crippen LogP contribution in [-0.4, -0.2) is 16.9 Å². The monoisotopic (exact) mass is 357 g/mol. The number of nitrogens with one attached hydrogen (secondary N) is 1. The molecule has 1 saturated carbocycles. The van der Waals surface area contributed by atoms with Gasteiger partial charge in [0, 0.05) is 11.4 Å². The number of thiophene rings is 1. The molecule has 132 valence electrons. The third kappa shape index (κ3) is 3.14. The largest absolute Gasteiger partial charge is 0.397 e. The fraction of sp³-hybridized carbons (Fsp3) is 0.500. The van der Waals surface area contributed by atoms with Gasteiger partial charge in [0.15, 0.2) is 0 Å². The van der Waals surface area contributed by atoms with Crippen LogP contribution < -0.4 is 16.8 Å². The number of nitriles is 1. The molecule has 0 unspecified atom stereocenters. The zero-order valence-corrected chi connectivity index (χ0v) is 15.4. The Morgan fingerprint density at radius 2 is 2.00 bits per heavy atom. The zero-order valence-electron chi connectivity index (χ0n) is 14.6. The number of pyridine rings is 1. The smallest absolute Gasteiger partial charge is 0.263 e. The van der Waals surface area contributed by atoms with Crippen molar-refractivity contribution in [2.24, 2.45) is 0 Å². The molecular weight excluding hydrogens is 334 g/mol. The van der Waals surface area contributed by atoms with E-state index in [0.717, 1.165) is 31.2 Å². The standard InChI is InChI=1S/C18H23N5OS/c1-9(2)12-11(8-19)16(21)23-18-13(12)14(20)15(25-18)17(24)22-10-6-4-3-5-7-10/h9-10H,3-7,20H2,1-2H3,(H2,21,23)(H,22,24). The van der Waals surface area contributed by atoms with Crippen molar-refractivity contribution in [1.29, 1.82) is 5.26 Å². The lowest BCUT2D eigenvalue weighted by atomic mass is 9.94. The van der Waals surface area contributed by atoms with Crippen LogP contribution in [0.5, 0.6) is 0 Å². The molecule has 1 aliphatic carbocycles. The highest BCUT2D eigenvalue weighted by atomic mass is 32.1. The summed E-state index contributed by atoms with van der Waals surface area (Å²) < 4.78 is 0. The van der Waals surface area contributed by atoms with Gasteiger partial charge in [0.05, 0.1) is 11.3 Å². The molecule has 1 aliphatic rings. The van der Waals surface area contributed by atoms with Crippen molar-refractivity contribution in [3.8, 4) is 6.07 Å². The summed E-state index contributed by atoms with van der Waals surface area (Å²) in [5.41, 5.74) is 13.8. The van der Waals surface area contributed by atoms with Gasteiger partial charge in [0.25, 0.3) is 5.91 Å². The van der Waals surface area contributed by atoms with Crippen LogP contribution in [0.3, 0.4) is 0 Å². The fourth-order valence-corrected chi connectivity index (χ4v) is 4.58. The Balaban J connectivity index is 2.06. The third-order valence-corrected chi connectivity index (χ3v) is 5.88. The van der Waals surface area contributed by atoms with Gasteiger partial charge in [-0.25, -0.2) is 4.98 Å². The van der Waals surface area contributed by atoms with Crippen LogP contribution in [0.1, 0.15) is 72.7 Å². The van der Waals surface area contributed by atoms with Crippen molar-refractivity contribution >= 4 is 39.0 Å². The van der Waals surface area contributed by atoms with Gasteiger partial charge in [-0.2, -0.15) is 5.26 Å². The number of hydrogen-bond donors (Lipinski definition) is 3. The third-order valence-electron chi connectivity index (χ3n) is 4.78. The number of hydrogen-bond acceptors (Lipinski definition) is 6. The number of nitrogens with two attached hydrogens (primary N) is 2. The van der Waals surface area contributed by atoms with Gasteiger partial charge in [0.2, 0.25) is 0 Å². The molecule has 1 amide bonds. The van der Waals surface area contributed by atoms with Crippen LogP contribution in [0.15, 0.2) is 0 Å². The summed E-state index contributed by atoms with van der Waals surface area (Å²) in [4.78, 5) is 18.1. The molecule has 2 aromatic heterocycles. The van der Waals surface area contributed by atoms with Crippen molar-refractivity contribution in [1.82, 2.24) is 10.3 Å². The van der Waals surface area contributed by atoms with E-state index in [4.69, 9.17) is 11.5 Å². The summed E-state index contributed by atoms with van der Waals surface area (Å²) in [6, 6.07) is 2.34. The predicted octanol–water partition coefficient (Wildman–Crippen LogP) is 3.52. The molecule has 0 radical (unpaired) electrons. The van der Waals surface area contributed by atoms with E-state index >= 15 is 0 Å². The van der Waals surface area contributed by atoms with Gasteiger partial charge in [0.1, 0.15) is 21.6 Å². The molecule has 25 heavy (non-hydrogen) atoms. The molecule has 0 bridgehead atoms. The zero-order chi connectivity index (χ0) is 18.1. The minimum absolute atomic E-state index is 0.0496. The van der Waals surface area contributed by atoms with E-state index in [1.165, 1.54) is 17.8 Å². The first-order valence-corrected chi connectivity index (χ1v) is 9.48. The topological polar surface area (TPSA) is 118 Å². The first-order valence-electron chi connectivity index (χ1n) is 8.66. The summed E-state index contributed by atoms with van der Waals surface area (Å²) >= 11 is 1.25. The van der Waals surface area contributed by atoms with Gasteiger partial charge < -0.3 is 16.8 Å². The van der Waals surface area contributed by atoms with Crippen LogP contribution >= 0.6 is 11.3 Å². The van der Waals surface area contributed by atoms with Crippen LogP contribution in [0.25, 0.3) is 10.2 Å². The maximum Gasteiger partial charge on any atom is 0.263 e. The first kappa shape index (κ1) is 17.5. The molecule has 0 aliphatic heterocycles. The Labute approximate surface area is 151 Å². The average Bonchev–Trinajstić information content (AvgIpc) is 2.90. The average molecular weight is 357 g/mol. The van der Waals surface area contributed by atoms with Gasteiger partial charge in [-0.3, -0.25) is 4.79 Å². The number of nitrogen functional groups attached to an aromatic ring is 2. The lowest BCUT2D eigenvalue weighted by Gasteiger charge is -2.22. The van der Waals surface area contributed by atoms with Crippen molar-refractivity contribution in [2.45, 2.75) is 57.9 Å². The van der Waals surface area contributed by atoms with E-state index < -0.39 is 0 Å². The summed E-state index contributed by atoms with van der Waals surface area (Å²) in [5.74, 6) is 0.0898. The number of amides is 1. The second-order valence-corrected chi connectivity index (χ2v) is 7.88. The molecule has 6 nitrogen and oxygen atoms in total. The molecule has 5 N–H and O–H groups in total. The van der Waals surface area contributed by atoms with Crippen LogP contribution in [0.4, 0.5) is 11.5 Å². The minimum atomic E-state index is -0.154. The summed E-state index contributed by atoms with van der Waals surface area (Å²) in [5, 5.41) is 13.2. The van der Waals surface area contributed by atoms with E-state index in [0.29, 0.717) is 26.3 Å². The SMILES string of the molecule is CC(C)c1c(C#N)c(N)nc2sc(C(=O)NC3CCCCC3)c(N)c12. The van der Waals surface area contributed by atoms with Crippen molar-refractivity contribution < 1.29 is 4.79 Å². The van der Waals surface area contributed by atoms with Gasteiger partial charge >= 0.3 is 0 Å². The lowest BCUT2D eigenvalue weighted by Crippen LogP contribution is -2.36. The number of aromatic nitrogens is 1. The van der Waals surface area contributed by atoms with Gasteiger partial charge in [-0.15, -0.1) is 11.3 Å². The molecule has 2 aromatic rings. The van der Waals surface area contributed by atoms with Crippen molar-refractivity contribution in [3.05, 3.63) is 16.0 Å². The van der Waals surface area contributed by atoms with E-state index in [-0.39, 0.29) is 23.7 Å². The number of carbonyl (C=O) groups is 1.